The quantitative estimate of drug-likeness (QED) is 0.657. The van der Waals surface area contributed by atoms with Crippen molar-refractivity contribution in [1.29, 1.82) is 5.26 Å². The van der Waals surface area contributed by atoms with Crippen molar-refractivity contribution in [2.45, 2.75) is 13.8 Å². The fraction of sp³-hybridized carbons (Fsp3) is 0.100. The van der Waals surface area contributed by atoms with Crippen LogP contribution in [0, 0.1) is 31.0 Å². The molecule has 0 saturated carbocycles. The summed E-state index contributed by atoms with van der Waals surface area (Å²) in [7, 11) is 0. The molecule has 3 aromatic rings. The molecule has 3 nitrogen and oxygen atoms in total. The monoisotopic (exact) mass is 317 g/mol. The second kappa shape index (κ2) is 6.51. The van der Waals surface area contributed by atoms with E-state index in [9.17, 15) is 9.65 Å². The Morgan fingerprint density at radius 2 is 1.92 bits per heavy atom. The van der Waals surface area contributed by atoms with E-state index in [1.54, 1.807) is 18.3 Å². The lowest BCUT2D eigenvalue weighted by Crippen LogP contribution is -2.01. The average Bonchev–Trinajstić information content (AvgIpc) is 2.88. The first-order valence-electron chi connectivity index (χ1n) is 7.58. The molecule has 0 unspecified atom stereocenters. The number of nitriles is 1. The third kappa shape index (κ3) is 2.97. The molecule has 118 valence electrons. The van der Waals surface area contributed by atoms with Crippen LogP contribution in [0.1, 0.15) is 22.5 Å². The highest BCUT2D eigenvalue weighted by Gasteiger charge is 2.11. The Bertz CT molecular complexity index is 930. The van der Waals surface area contributed by atoms with E-state index in [2.05, 4.69) is 11.1 Å². The Morgan fingerprint density at radius 3 is 2.54 bits per heavy atom. The first kappa shape index (κ1) is 15.7. The zero-order valence-corrected chi connectivity index (χ0v) is 13.5. The van der Waals surface area contributed by atoms with Crippen molar-refractivity contribution in [1.82, 2.24) is 9.55 Å². The molecular formula is C20H16FN3. The number of benzene rings is 1. The van der Waals surface area contributed by atoms with Crippen LogP contribution in [0.2, 0.25) is 0 Å². The van der Waals surface area contributed by atoms with E-state index in [4.69, 9.17) is 0 Å². The Balaban J connectivity index is 2.07. The van der Waals surface area contributed by atoms with Crippen LogP contribution in [0.3, 0.4) is 0 Å². The van der Waals surface area contributed by atoms with E-state index in [1.807, 2.05) is 48.8 Å². The van der Waals surface area contributed by atoms with Crippen LogP contribution in [-0.2, 0) is 0 Å². The van der Waals surface area contributed by atoms with Gasteiger partial charge in [0, 0.05) is 17.6 Å². The molecule has 24 heavy (non-hydrogen) atoms. The molecule has 1 aromatic carbocycles. The Kier molecular flexibility index (Phi) is 4.26. The Hall–Kier alpha value is -3.19. The van der Waals surface area contributed by atoms with Crippen molar-refractivity contribution in [2.75, 3.05) is 0 Å². The first-order valence-corrected chi connectivity index (χ1v) is 7.58. The minimum atomic E-state index is -0.315. The highest BCUT2D eigenvalue weighted by Crippen LogP contribution is 2.24. The third-order valence-corrected chi connectivity index (χ3v) is 3.92. The number of aryl methyl sites for hydroxylation is 1. The highest BCUT2D eigenvalue weighted by atomic mass is 19.1. The summed E-state index contributed by atoms with van der Waals surface area (Å²) in [6.07, 6.45) is 3.58. The maximum Gasteiger partial charge on any atom is 0.136 e. The van der Waals surface area contributed by atoms with Crippen LogP contribution in [-0.4, -0.2) is 9.55 Å². The highest BCUT2D eigenvalue weighted by molar-refractivity contribution is 5.90. The van der Waals surface area contributed by atoms with Gasteiger partial charge < -0.3 is 4.57 Å². The number of aromatic nitrogens is 2. The number of halogens is 1. The van der Waals surface area contributed by atoms with Crippen LogP contribution in [0.5, 0.6) is 0 Å². The minimum Gasteiger partial charge on any atom is -0.303 e. The lowest BCUT2D eigenvalue weighted by Gasteiger charge is -2.08. The van der Waals surface area contributed by atoms with E-state index in [0.717, 1.165) is 22.8 Å². The van der Waals surface area contributed by atoms with Crippen molar-refractivity contribution in [3.8, 4) is 11.9 Å². The number of hydrogen-bond donors (Lipinski definition) is 0. The van der Waals surface area contributed by atoms with Crippen LogP contribution in [0.4, 0.5) is 4.39 Å². The molecule has 0 aliphatic rings. The van der Waals surface area contributed by atoms with Crippen LogP contribution >= 0.6 is 0 Å². The molecule has 0 spiro atoms. The van der Waals surface area contributed by atoms with Gasteiger partial charge in [0.15, 0.2) is 0 Å². The Morgan fingerprint density at radius 1 is 1.17 bits per heavy atom. The number of hydrogen-bond acceptors (Lipinski definition) is 2. The summed E-state index contributed by atoms with van der Waals surface area (Å²) < 4.78 is 15.1. The largest absolute Gasteiger partial charge is 0.303 e. The van der Waals surface area contributed by atoms with Crippen molar-refractivity contribution in [3.63, 3.8) is 0 Å². The molecule has 4 heteroatoms. The summed E-state index contributed by atoms with van der Waals surface area (Å²) in [6.45, 7) is 4.00. The van der Waals surface area contributed by atoms with Crippen molar-refractivity contribution in [3.05, 3.63) is 83.1 Å². The van der Waals surface area contributed by atoms with Gasteiger partial charge in [-0.15, -0.1) is 0 Å². The maximum atomic E-state index is 13.1. The SMILES string of the molecule is Cc1cc(C=C(C#N)c2ccc(F)cc2)c(C)n1-c1ccccn1. The molecule has 0 aliphatic heterocycles. The van der Waals surface area contributed by atoms with Gasteiger partial charge in [0.05, 0.1) is 11.6 Å². The zero-order valence-electron chi connectivity index (χ0n) is 13.5. The van der Waals surface area contributed by atoms with E-state index >= 15 is 0 Å². The molecule has 0 saturated heterocycles. The van der Waals surface area contributed by atoms with E-state index in [-0.39, 0.29) is 5.82 Å². The predicted octanol–water partition coefficient (Wildman–Crippen LogP) is 4.69. The van der Waals surface area contributed by atoms with Crippen molar-refractivity contribution >= 4 is 11.6 Å². The number of allylic oxidation sites excluding steroid dienone is 1. The second-order valence-corrected chi connectivity index (χ2v) is 5.53. The average molecular weight is 317 g/mol. The molecule has 2 aromatic heterocycles. The van der Waals surface area contributed by atoms with Gasteiger partial charge in [-0.25, -0.2) is 9.37 Å². The van der Waals surface area contributed by atoms with Crippen LogP contribution in [0.15, 0.2) is 54.7 Å². The molecule has 0 N–H and O–H groups in total. The predicted molar refractivity (Wildman–Crippen MR) is 92.9 cm³/mol. The summed E-state index contributed by atoms with van der Waals surface area (Å²) in [5.74, 6) is 0.525. The molecule has 3 rings (SSSR count). The number of pyridine rings is 1. The van der Waals surface area contributed by atoms with Crippen LogP contribution in [0.25, 0.3) is 17.5 Å². The zero-order chi connectivity index (χ0) is 17.1. The first-order chi connectivity index (χ1) is 11.6. The fourth-order valence-electron chi connectivity index (χ4n) is 2.74. The van der Waals surface area contributed by atoms with Gasteiger partial charge in [-0.2, -0.15) is 5.26 Å². The summed E-state index contributed by atoms with van der Waals surface area (Å²) in [5, 5.41) is 9.46. The summed E-state index contributed by atoms with van der Waals surface area (Å²) in [6, 6.07) is 15.9. The van der Waals surface area contributed by atoms with E-state index in [0.29, 0.717) is 11.1 Å². The lowest BCUT2D eigenvalue weighted by atomic mass is 10.0. The van der Waals surface area contributed by atoms with E-state index < -0.39 is 0 Å². The van der Waals surface area contributed by atoms with Gasteiger partial charge in [-0.1, -0.05) is 18.2 Å². The number of nitrogens with zero attached hydrogens (tertiary/aromatic N) is 3. The van der Waals surface area contributed by atoms with E-state index in [1.165, 1.54) is 12.1 Å². The molecule has 0 bridgehead atoms. The molecule has 0 amide bonds. The fourth-order valence-corrected chi connectivity index (χ4v) is 2.74. The molecule has 0 atom stereocenters. The van der Waals surface area contributed by atoms with Gasteiger partial charge in [0.2, 0.25) is 0 Å². The summed E-state index contributed by atoms with van der Waals surface area (Å²) >= 11 is 0. The molecule has 2 heterocycles. The minimum absolute atomic E-state index is 0.315. The Labute approximate surface area is 140 Å². The lowest BCUT2D eigenvalue weighted by molar-refractivity contribution is 0.627. The molecule has 0 aliphatic carbocycles. The van der Waals surface area contributed by atoms with Crippen molar-refractivity contribution in [2.24, 2.45) is 0 Å². The summed E-state index contributed by atoms with van der Waals surface area (Å²) in [4.78, 5) is 4.39. The van der Waals surface area contributed by atoms with Crippen molar-refractivity contribution < 1.29 is 4.39 Å². The maximum absolute atomic E-state index is 13.1. The molecular weight excluding hydrogens is 301 g/mol. The third-order valence-electron chi connectivity index (χ3n) is 3.92. The van der Waals surface area contributed by atoms with Gasteiger partial charge in [0.25, 0.3) is 0 Å². The molecule has 0 fully saturated rings. The van der Waals surface area contributed by atoms with Gasteiger partial charge in [-0.3, -0.25) is 0 Å². The van der Waals surface area contributed by atoms with Gasteiger partial charge >= 0.3 is 0 Å². The number of rotatable bonds is 3. The normalized spacial score (nSPS) is 11.3. The standard InChI is InChI=1S/C20H16FN3/c1-14-11-17(15(2)24(14)20-5-3-4-10-23-20)12-18(13-22)16-6-8-19(21)9-7-16/h3-12H,1-2H3. The van der Waals surface area contributed by atoms with Gasteiger partial charge in [0.1, 0.15) is 11.6 Å². The van der Waals surface area contributed by atoms with Gasteiger partial charge in [-0.05, 0) is 61.4 Å². The second-order valence-electron chi connectivity index (χ2n) is 5.53. The smallest absolute Gasteiger partial charge is 0.136 e. The van der Waals surface area contributed by atoms with Crippen LogP contribution < -0.4 is 0 Å². The molecule has 0 radical (unpaired) electrons. The topological polar surface area (TPSA) is 41.6 Å². The summed E-state index contributed by atoms with van der Waals surface area (Å²) in [5.41, 5.74) is 4.17.